The predicted octanol–water partition coefficient (Wildman–Crippen LogP) is 2.29. The fourth-order valence-electron chi connectivity index (χ4n) is 2.14. The number of rotatable bonds is 7. The Bertz CT molecular complexity index is 634. The van der Waals surface area contributed by atoms with E-state index in [1.54, 1.807) is 24.6 Å². The van der Waals surface area contributed by atoms with Crippen LogP contribution in [0.2, 0.25) is 0 Å². The third kappa shape index (κ3) is 4.69. The van der Waals surface area contributed by atoms with Gasteiger partial charge in [0, 0.05) is 12.1 Å². The van der Waals surface area contributed by atoms with Crippen molar-refractivity contribution >= 4 is 12.1 Å². The minimum Gasteiger partial charge on any atom is -0.468 e. The first-order chi connectivity index (χ1) is 11.1. The molecule has 6 heteroatoms. The van der Waals surface area contributed by atoms with Crippen molar-refractivity contribution in [2.24, 2.45) is 5.16 Å². The summed E-state index contributed by atoms with van der Waals surface area (Å²) in [4.78, 5) is 18.9. The molecule has 2 rings (SSSR count). The highest BCUT2D eigenvalue weighted by Gasteiger charge is 2.18. The summed E-state index contributed by atoms with van der Waals surface area (Å²) < 4.78 is 5.43. The average Bonchev–Trinajstić information content (AvgIpc) is 3.07. The lowest BCUT2D eigenvalue weighted by Gasteiger charge is -2.22. The predicted molar refractivity (Wildman–Crippen MR) is 88.5 cm³/mol. The first kappa shape index (κ1) is 16.8. The van der Waals surface area contributed by atoms with Gasteiger partial charge in [0.05, 0.1) is 18.5 Å². The first-order valence-electron chi connectivity index (χ1n) is 7.26. The SMILES string of the molecule is CO/N=C/c1ccc(C(=O)NCC(c2ccco2)N(C)C)cc1. The van der Waals surface area contributed by atoms with Gasteiger partial charge in [0.2, 0.25) is 0 Å². The Hall–Kier alpha value is -2.60. The van der Waals surface area contributed by atoms with Crippen molar-refractivity contribution in [3.05, 3.63) is 59.5 Å². The van der Waals surface area contributed by atoms with Crippen molar-refractivity contribution in [2.45, 2.75) is 6.04 Å². The lowest BCUT2D eigenvalue weighted by molar-refractivity contribution is 0.0939. The van der Waals surface area contributed by atoms with E-state index in [1.165, 1.54) is 7.11 Å². The smallest absolute Gasteiger partial charge is 0.251 e. The quantitative estimate of drug-likeness (QED) is 0.629. The molecular weight excluding hydrogens is 294 g/mol. The number of nitrogens with one attached hydrogen (secondary N) is 1. The molecular formula is C17H21N3O3. The molecule has 0 saturated heterocycles. The van der Waals surface area contributed by atoms with Crippen LogP contribution >= 0.6 is 0 Å². The molecule has 1 aromatic carbocycles. The molecule has 1 N–H and O–H groups in total. The van der Waals surface area contributed by atoms with E-state index in [0.717, 1.165) is 11.3 Å². The molecule has 2 aromatic rings. The number of furan rings is 1. The van der Waals surface area contributed by atoms with Gasteiger partial charge in [0.15, 0.2) is 0 Å². The molecule has 0 aliphatic heterocycles. The molecule has 0 aliphatic rings. The molecule has 1 heterocycles. The van der Waals surface area contributed by atoms with Crippen LogP contribution in [0, 0.1) is 0 Å². The summed E-state index contributed by atoms with van der Waals surface area (Å²) in [7, 11) is 5.38. The third-order valence-electron chi connectivity index (χ3n) is 3.43. The molecule has 6 nitrogen and oxygen atoms in total. The van der Waals surface area contributed by atoms with E-state index >= 15 is 0 Å². The summed E-state index contributed by atoms with van der Waals surface area (Å²) in [6, 6.07) is 10.9. The maximum atomic E-state index is 12.2. The Balaban J connectivity index is 1.97. The highest BCUT2D eigenvalue weighted by Crippen LogP contribution is 2.17. The van der Waals surface area contributed by atoms with Gasteiger partial charge in [-0.1, -0.05) is 17.3 Å². The zero-order valence-electron chi connectivity index (χ0n) is 13.5. The maximum Gasteiger partial charge on any atom is 0.251 e. The molecule has 23 heavy (non-hydrogen) atoms. The molecule has 0 bridgehead atoms. The third-order valence-corrected chi connectivity index (χ3v) is 3.43. The lowest BCUT2D eigenvalue weighted by atomic mass is 10.1. The second kappa shape index (κ2) is 8.14. The zero-order chi connectivity index (χ0) is 16.7. The van der Waals surface area contributed by atoms with Crippen LogP contribution < -0.4 is 5.32 Å². The van der Waals surface area contributed by atoms with Crippen LogP contribution in [-0.2, 0) is 4.84 Å². The van der Waals surface area contributed by atoms with Gasteiger partial charge in [-0.2, -0.15) is 0 Å². The number of carbonyl (C=O) groups is 1. The lowest BCUT2D eigenvalue weighted by Crippen LogP contribution is -2.34. The Morgan fingerprint density at radius 3 is 2.65 bits per heavy atom. The van der Waals surface area contributed by atoms with Crippen molar-refractivity contribution in [2.75, 3.05) is 27.7 Å². The standard InChI is InChI=1S/C17H21N3O3/c1-20(2)15(16-5-4-10-23-16)12-18-17(21)14-8-6-13(7-9-14)11-19-22-3/h4-11,15H,12H2,1-3H3,(H,18,21)/b19-11+. The number of benzene rings is 1. The summed E-state index contributed by atoms with van der Waals surface area (Å²) in [5, 5.41) is 6.61. The number of hydrogen-bond acceptors (Lipinski definition) is 5. The summed E-state index contributed by atoms with van der Waals surface area (Å²) in [6.07, 6.45) is 3.22. The van der Waals surface area contributed by atoms with Crippen molar-refractivity contribution in [3.8, 4) is 0 Å². The van der Waals surface area contributed by atoms with Gasteiger partial charge in [0.25, 0.3) is 5.91 Å². The number of oxime groups is 1. The molecule has 0 aliphatic carbocycles. The van der Waals surface area contributed by atoms with E-state index in [9.17, 15) is 4.79 Å². The second-order valence-electron chi connectivity index (χ2n) is 5.24. The van der Waals surface area contributed by atoms with E-state index in [-0.39, 0.29) is 11.9 Å². The summed E-state index contributed by atoms with van der Waals surface area (Å²) >= 11 is 0. The fourth-order valence-corrected chi connectivity index (χ4v) is 2.14. The number of hydrogen-bond donors (Lipinski definition) is 1. The van der Waals surface area contributed by atoms with Crippen molar-refractivity contribution in [3.63, 3.8) is 0 Å². The van der Waals surface area contributed by atoms with Crippen LogP contribution in [-0.4, -0.2) is 44.8 Å². The zero-order valence-corrected chi connectivity index (χ0v) is 13.5. The van der Waals surface area contributed by atoms with E-state index in [2.05, 4.69) is 15.3 Å². The van der Waals surface area contributed by atoms with Gasteiger partial charge < -0.3 is 14.6 Å². The largest absolute Gasteiger partial charge is 0.468 e. The minimum atomic E-state index is -0.126. The van der Waals surface area contributed by atoms with Gasteiger partial charge in [-0.25, -0.2) is 0 Å². The van der Waals surface area contributed by atoms with E-state index in [4.69, 9.17) is 4.42 Å². The Labute approximate surface area is 135 Å². The summed E-state index contributed by atoms with van der Waals surface area (Å²) in [6.45, 7) is 0.465. The maximum absolute atomic E-state index is 12.2. The van der Waals surface area contributed by atoms with Gasteiger partial charge in [-0.05, 0) is 43.9 Å². The van der Waals surface area contributed by atoms with Crippen LogP contribution in [0.4, 0.5) is 0 Å². The highest BCUT2D eigenvalue weighted by molar-refractivity contribution is 5.95. The van der Waals surface area contributed by atoms with Crippen LogP contribution in [0.3, 0.4) is 0 Å². The number of nitrogens with zero attached hydrogens (tertiary/aromatic N) is 2. The van der Waals surface area contributed by atoms with E-state index in [1.807, 2.05) is 43.3 Å². The Kier molecular flexibility index (Phi) is 5.94. The van der Waals surface area contributed by atoms with Gasteiger partial charge in [0.1, 0.15) is 12.9 Å². The molecule has 0 saturated carbocycles. The molecule has 1 unspecified atom stereocenters. The molecule has 1 amide bonds. The highest BCUT2D eigenvalue weighted by atomic mass is 16.6. The van der Waals surface area contributed by atoms with Crippen molar-refractivity contribution in [1.82, 2.24) is 10.2 Å². The summed E-state index contributed by atoms with van der Waals surface area (Å²) in [5.74, 6) is 0.695. The van der Waals surface area contributed by atoms with E-state index < -0.39 is 0 Å². The number of likely N-dealkylation sites (N-methyl/N-ethyl adjacent to an activating group) is 1. The monoisotopic (exact) mass is 315 g/mol. The summed E-state index contributed by atoms with van der Waals surface area (Å²) in [5.41, 5.74) is 1.46. The van der Waals surface area contributed by atoms with Gasteiger partial charge >= 0.3 is 0 Å². The van der Waals surface area contributed by atoms with Crippen LogP contribution in [0.5, 0.6) is 0 Å². The molecule has 1 aromatic heterocycles. The molecule has 1 atom stereocenters. The van der Waals surface area contributed by atoms with Crippen LogP contribution in [0.15, 0.2) is 52.2 Å². The average molecular weight is 315 g/mol. The first-order valence-corrected chi connectivity index (χ1v) is 7.26. The topological polar surface area (TPSA) is 67.1 Å². The van der Waals surface area contributed by atoms with Crippen molar-refractivity contribution < 1.29 is 14.0 Å². The van der Waals surface area contributed by atoms with Crippen LogP contribution in [0.25, 0.3) is 0 Å². The number of carbonyl (C=O) groups excluding carboxylic acids is 1. The normalized spacial score (nSPS) is 12.5. The van der Waals surface area contributed by atoms with E-state index in [0.29, 0.717) is 12.1 Å². The Morgan fingerprint density at radius 1 is 1.35 bits per heavy atom. The van der Waals surface area contributed by atoms with Gasteiger partial charge in [-0.15, -0.1) is 0 Å². The fraction of sp³-hybridized carbons (Fsp3) is 0.294. The number of amides is 1. The molecule has 0 fully saturated rings. The molecule has 0 spiro atoms. The minimum absolute atomic E-state index is 0.0120. The molecule has 0 radical (unpaired) electrons. The van der Waals surface area contributed by atoms with Crippen LogP contribution in [0.1, 0.15) is 27.7 Å². The second-order valence-corrected chi connectivity index (χ2v) is 5.24. The van der Waals surface area contributed by atoms with Crippen molar-refractivity contribution in [1.29, 1.82) is 0 Å². The Morgan fingerprint density at radius 2 is 2.09 bits per heavy atom. The molecule has 122 valence electrons. The van der Waals surface area contributed by atoms with Gasteiger partial charge in [-0.3, -0.25) is 9.69 Å².